The van der Waals surface area contributed by atoms with Crippen LogP contribution in [-0.4, -0.2) is 9.55 Å². The van der Waals surface area contributed by atoms with Crippen molar-refractivity contribution in [3.05, 3.63) is 98.2 Å². The number of nitrogens with zero attached hydrogens (tertiary/aromatic N) is 1. The predicted octanol–water partition coefficient (Wildman–Crippen LogP) is 2.26. The largest absolute Gasteiger partial charge is 0.470 e. The van der Waals surface area contributed by atoms with Crippen molar-refractivity contribution in [2.45, 2.75) is 19.1 Å². The van der Waals surface area contributed by atoms with Gasteiger partial charge >= 0.3 is 5.69 Å². The molecule has 1 unspecified atom stereocenters. The summed E-state index contributed by atoms with van der Waals surface area (Å²) in [6, 6.07) is 19.2. The van der Waals surface area contributed by atoms with E-state index in [0.29, 0.717) is 17.9 Å². The fraction of sp³-hybridized carbons (Fsp3) is 0.158. The second kappa shape index (κ2) is 5.85. The highest BCUT2D eigenvalue weighted by molar-refractivity contribution is 5.33. The molecule has 0 aliphatic carbocycles. The summed E-state index contributed by atoms with van der Waals surface area (Å²) in [5.41, 5.74) is 1.69. The Morgan fingerprint density at radius 2 is 1.67 bits per heavy atom. The molecule has 2 heterocycles. The summed E-state index contributed by atoms with van der Waals surface area (Å²) in [5, 5.41) is 0. The van der Waals surface area contributed by atoms with Crippen molar-refractivity contribution >= 4 is 0 Å². The van der Waals surface area contributed by atoms with Gasteiger partial charge in [-0.3, -0.25) is 14.3 Å². The summed E-state index contributed by atoms with van der Waals surface area (Å²) in [6.45, 7) is 0.248. The van der Waals surface area contributed by atoms with E-state index in [4.69, 9.17) is 4.74 Å². The Bertz CT molecular complexity index is 975. The molecule has 120 valence electrons. The van der Waals surface area contributed by atoms with E-state index >= 15 is 0 Å². The van der Waals surface area contributed by atoms with Gasteiger partial charge in [-0.2, -0.15) is 0 Å². The summed E-state index contributed by atoms with van der Waals surface area (Å²) < 4.78 is 7.02. The third-order valence-corrected chi connectivity index (χ3v) is 4.25. The Balaban J connectivity index is 1.70. The van der Waals surface area contributed by atoms with E-state index in [2.05, 4.69) is 4.98 Å². The highest BCUT2D eigenvalue weighted by Crippen LogP contribution is 2.32. The van der Waals surface area contributed by atoms with E-state index in [1.165, 1.54) is 4.57 Å². The van der Waals surface area contributed by atoms with Crippen molar-refractivity contribution in [3.8, 4) is 5.88 Å². The molecule has 0 saturated carbocycles. The number of rotatable bonds is 3. The van der Waals surface area contributed by atoms with Crippen LogP contribution in [0.3, 0.4) is 0 Å². The lowest BCUT2D eigenvalue weighted by atomic mass is 10.1. The minimum absolute atomic E-state index is 0.239. The fourth-order valence-corrected chi connectivity index (χ4v) is 3.01. The maximum absolute atomic E-state index is 12.7. The van der Waals surface area contributed by atoms with Crippen molar-refractivity contribution in [1.82, 2.24) is 9.55 Å². The van der Waals surface area contributed by atoms with Gasteiger partial charge in [-0.15, -0.1) is 0 Å². The van der Waals surface area contributed by atoms with Crippen LogP contribution < -0.4 is 16.0 Å². The summed E-state index contributed by atoms with van der Waals surface area (Å²) in [6.07, 6.45) is 0.223. The summed E-state index contributed by atoms with van der Waals surface area (Å²) >= 11 is 0. The van der Waals surface area contributed by atoms with E-state index in [-0.39, 0.29) is 18.2 Å². The van der Waals surface area contributed by atoms with E-state index in [0.717, 1.165) is 11.1 Å². The lowest BCUT2D eigenvalue weighted by Gasteiger charge is -2.09. The number of nitrogens with one attached hydrogen (secondary N) is 1. The molecule has 1 N–H and O–H groups in total. The van der Waals surface area contributed by atoms with Crippen molar-refractivity contribution in [3.63, 3.8) is 0 Å². The number of hydrogen-bond acceptors (Lipinski definition) is 3. The Morgan fingerprint density at radius 1 is 1.00 bits per heavy atom. The first-order valence-corrected chi connectivity index (χ1v) is 7.84. The molecule has 1 atom stereocenters. The molecule has 0 radical (unpaired) electrons. The monoisotopic (exact) mass is 320 g/mol. The molecule has 24 heavy (non-hydrogen) atoms. The summed E-state index contributed by atoms with van der Waals surface area (Å²) in [4.78, 5) is 27.7. The molecule has 1 aliphatic heterocycles. The number of aromatic amines is 1. The van der Waals surface area contributed by atoms with Gasteiger partial charge in [0, 0.05) is 6.42 Å². The van der Waals surface area contributed by atoms with Crippen molar-refractivity contribution < 1.29 is 4.74 Å². The van der Waals surface area contributed by atoms with Crippen LogP contribution in [0.15, 0.2) is 70.3 Å². The third kappa shape index (κ3) is 2.54. The van der Waals surface area contributed by atoms with E-state index < -0.39 is 5.69 Å². The van der Waals surface area contributed by atoms with Crippen LogP contribution >= 0.6 is 0 Å². The first kappa shape index (κ1) is 14.5. The highest BCUT2D eigenvalue weighted by Gasteiger charge is 2.29. The van der Waals surface area contributed by atoms with Gasteiger partial charge in [-0.25, -0.2) is 4.79 Å². The van der Waals surface area contributed by atoms with Gasteiger partial charge in [0.1, 0.15) is 6.10 Å². The molecule has 1 aromatic heterocycles. The average Bonchev–Trinajstić information content (AvgIpc) is 3.04. The standard InChI is InChI=1S/C19H16N2O3/c22-18-15-11-16(14-9-5-2-6-10-14)24-17(15)20-19(23)21(18)12-13-7-3-1-4-8-13/h1-10,16H,11-12H2,(H,20,23). The maximum Gasteiger partial charge on any atom is 0.331 e. The topological polar surface area (TPSA) is 64.1 Å². The molecule has 0 saturated heterocycles. The van der Waals surface area contributed by atoms with Gasteiger partial charge in [0.15, 0.2) is 0 Å². The minimum atomic E-state index is -0.448. The van der Waals surface area contributed by atoms with Gasteiger partial charge in [-0.1, -0.05) is 60.7 Å². The molecule has 5 nitrogen and oxygen atoms in total. The SMILES string of the molecule is O=c1[nH]c2c(c(=O)n1Cc1ccccc1)CC(c1ccccc1)O2. The lowest BCUT2D eigenvalue weighted by molar-refractivity contribution is 0.230. The van der Waals surface area contributed by atoms with Crippen LogP contribution in [0, 0.1) is 0 Å². The maximum atomic E-state index is 12.7. The smallest absolute Gasteiger partial charge is 0.331 e. The van der Waals surface area contributed by atoms with Crippen LogP contribution in [-0.2, 0) is 13.0 Å². The number of benzene rings is 2. The second-order valence-electron chi connectivity index (χ2n) is 5.84. The van der Waals surface area contributed by atoms with Crippen LogP contribution in [0.4, 0.5) is 0 Å². The Kier molecular flexibility index (Phi) is 3.54. The highest BCUT2D eigenvalue weighted by atomic mass is 16.5. The van der Waals surface area contributed by atoms with Crippen molar-refractivity contribution in [2.24, 2.45) is 0 Å². The molecule has 4 rings (SSSR count). The molecule has 0 amide bonds. The van der Waals surface area contributed by atoms with Crippen LogP contribution in [0.1, 0.15) is 22.8 Å². The molecular formula is C19H16N2O3. The lowest BCUT2D eigenvalue weighted by Crippen LogP contribution is -2.36. The first-order chi connectivity index (χ1) is 11.7. The molecule has 5 heteroatoms. The van der Waals surface area contributed by atoms with Crippen molar-refractivity contribution in [1.29, 1.82) is 0 Å². The molecule has 2 aromatic carbocycles. The molecular weight excluding hydrogens is 304 g/mol. The number of H-pyrrole nitrogens is 1. The summed E-state index contributed by atoms with van der Waals surface area (Å²) in [7, 11) is 0. The van der Waals surface area contributed by atoms with E-state index in [9.17, 15) is 9.59 Å². The quantitative estimate of drug-likeness (QED) is 0.805. The van der Waals surface area contributed by atoms with Gasteiger partial charge < -0.3 is 4.74 Å². The number of fused-ring (bicyclic) bond motifs is 1. The molecule has 0 fully saturated rings. The summed E-state index contributed by atoms with van der Waals surface area (Å²) in [5.74, 6) is 0.295. The van der Waals surface area contributed by atoms with Gasteiger partial charge in [0.05, 0.1) is 12.1 Å². The van der Waals surface area contributed by atoms with Gasteiger partial charge in [0.25, 0.3) is 5.56 Å². The molecule has 0 bridgehead atoms. The molecule has 3 aromatic rings. The van der Waals surface area contributed by atoms with Crippen molar-refractivity contribution in [2.75, 3.05) is 0 Å². The van der Waals surface area contributed by atoms with Crippen LogP contribution in [0.25, 0.3) is 0 Å². The first-order valence-electron chi connectivity index (χ1n) is 7.84. The number of aromatic nitrogens is 2. The predicted molar refractivity (Wildman–Crippen MR) is 90.4 cm³/mol. The van der Waals surface area contributed by atoms with Gasteiger partial charge in [0.2, 0.25) is 5.88 Å². The third-order valence-electron chi connectivity index (χ3n) is 4.25. The van der Waals surface area contributed by atoms with Gasteiger partial charge in [-0.05, 0) is 11.1 Å². The zero-order valence-corrected chi connectivity index (χ0v) is 12.9. The Hall–Kier alpha value is -3.08. The Morgan fingerprint density at radius 3 is 2.38 bits per heavy atom. The average molecular weight is 320 g/mol. The zero-order chi connectivity index (χ0) is 16.5. The minimum Gasteiger partial charge on any atom is -0.470 e. The fourth-order valence-electron chi connectivity index (χ4n) is 3.01. The van der Waals surface area contributed by atoms with Crippen LogP contribution in [0.2, 0.25) is 0 Å². The number of hydrogen-bond donors (Lipinski definition) is 1. The molecule has 0 spiro atoms. The normalized spacial score (nSPS) is 15.8. The zero-order valence-electron chi connectivity index (χ0n) is 12.9. The van der Waals surface area contributed by atoms with E-state index in [1.54, 1.807) is 0 Å². The Labute approximate surface area is 138 Å². The van der Waals surface area contributed by atoms with E-state index in [1.807, 2.05) is 60.7 Å². The second-order valence-corrected chi connectivity index (χ2v) is 5.84. The molecule has 1 aliphatic rings. The van der Waals surface area contributed by atoms with Crippen LogP contribution in [0.5, 0.6) is 5.88 Å². The number of ether oxygens (including phenoxy) is 1.